The lowest BCUT2D eigenvalue weighted by Crippen LogP contribution is -2.34. The molecule has 1 fully saturated rings. The van der Waals surface area contributed by atoms with Gasteiger partial charge < -0.3 is 14.7 Å². The molecular formula is C33H38N6O4S. The van der Waals surface area contributed by atoms with E-state index >= 15 is 0 Å². The number of nitrogens with zero attached hydrogens (tertiary/aromatic N) is 6. The van der Waals surface area contributed by atoms with Crippen molar-refractivity contribution in [3.63, 3.8) is 0 Å². The molecule has 10 nitrogen and oxygen atoms in total. The fraction of sp³-hybridized carbons (Fsp3) is 0.364. The van der Waals surface area contributed by atoms with Crippen molar-refractivity contribution in [2.45, 2.75) is 57.1 Å². The number of ether oxygens (including phenoxy) is 1. The number of hydrogen-bond acceptors (Lipinski definition) is 8. The Balaban J connectivity index is 1.42. The van der Waals surface area contributed by atoms with E-state index in [1.54, 1.807) is 62.8 Å². The highest BCUT2D eigenvalue weighted by atomic mass is 32.2. The van der Waals surface area contributed by atoms with Crippen LogP contribution in [0.5, 0.6) is 5.75 Å². The third-order valence-corrected chi connectivity index (χ3v) is 9.77. The van der Waals surface area contributed by atoms with Crippen LogP contribution < -0.4 is 4.74 Å². The van der Waals surface area contributed by atoms with Gasteiger partial charge in [0.1, 0.15) is 17.9 Å². The van der Waals surface area contributed by atoms with E-state index in [0.717, 1.165) is 49.2 Å². The summed E-state index contributed by atoms with van der Waals surface area (Å²) in [5, 5.41) is 14.8. The molecule has 0 radical (unpaired) electrons. The fourth-order valence-corrected chi connectivity index (χ4v) is 6.94. The van der Waals surface area contributed by atoms with E-state index in [9.17, 15) is 13.5 Å². The van der Waals surface area contributed by atoms with Crippen LogP contribution in [0.25, 0.3) is 33.5 Å². The smallest absolute Gasteiger partial charge is 0.269 e. The van der Waals surface area contributed by atoms with Crippen molar-refractivity contribution >= 4 is 21.2 Å². The van der Waals surface area contributed by atoms with Crippen LogP contribution in [0.3, 0.4) is 0 Å². The van der Waals surface area contributed by atoms with E-state index in [1.165, 1.54) is 3.97 Å². The summed E-state index contributed by atoms with van der Waals surface area (Å²) in [5.74, 6) is 0.669. The molecule has 4 heterocycles. The summed E-state index contributed by atoms with van der Waals surface area (Å²) >= 11 is 0. The predicted octanol–water partition coefficient (Wildman–Crippen LogP) is 5.31. The molecule has 0 spiro atoms. The Morgan fingerprint density at radius 3 is 2.45 bits per heavy atom. The number of hydrogen-bond donors (Lipinski definition) is 1. The molecular weight excluding hydrogens is 576 g/mol. The number of fused-ring (bicyclic) bond motifs is 1. The Morgan fingerprint density at radius 2 is 1.77 bits per heavy atom. The van der Waals surface area contributed by atoms with Gasteiger partial charge in [0, 0.05) is 42.2 Å². The van der Waals surface area contributed by atoms with E-state index in [2.05, 4.69) is 16.8 Å². The third kappa shape index (κ3) is 5.99. The lowest BCUT2D eigenvalue weighted by Gasteiger charge is -2.31. The van der Waals surface area contributed by atoms with E-state index in [4.69, 9.17) is 14.8 Å². The first-order valence-corrected chi connectivity index (χ1v) is 16.4. The summed E-state index contributed by atoms with van der Waals surface area (Å²) in [4.78, 5) is 12.2. The number of rotatable bonds is 9. The molecule has 0 unspecified atom stereocenters. The van der Waals surface area contributed by atoms with Gasteiger partial charge in [0.2, 0.25) is 0 Å². The second kappa shape index (κ2) is 11.8. The average molecular weight is 615 g/mol. The highest BCUT2D eigenvalue weighted by Gasteiger charge is 2.26. The first-order valence-electron chi connectivity index (χ1n) is 15.0. The van der Waals surface area contributed by atoms with Crippen LogP contribution >= 0.6 is 0 Å². The van der Waals surface area contributed by atoms with Gasteiger partial charge in [-0.15, -0.1) is 0 Å². The highest BCUT2D eigenvalue weighted by molar-refractivity contribution is 7.90. The molecule has 0 aliphatic carbocycles. The maximum Gasteiger partial charge on any atom is 0.269 e. The third-order valence-electron chi connectivity index (χ3n) is 8.11. The van der Waals surface area contributed by atoms with Gasteiger partial charge in [0.15, 0.2) is 5.65 Å². The molecule has 11 heteroatoms. The van der Waals surface area contributed by atoms with Gasteiger partial charge in [-0.25, -0.2) is 22.4 Å². The van der Waals surface area contributed by atoms with E-state index in [1.807, 2.05) is 36.0 Å². The molecule has 3 aromatic heterocycles. The zero-order chi connectivity index (χ0) is 31.1. The predicted molar refractivity (Wildman–Crippen MR) is 170 cm³/mol. The summed E-state index contributed by atoms with van der Waals surface area (Å²) in [6.07, 6.45) is 9.01. The molecule has 0 atom stereocenters. The SMILES string of the molecule is CCN1CCC(n2cc(-c3cn(S(=O)(=O)c4ccccc4)c4ncc(-c5ccc(OCC(C)(C)O)c(C)c5)nc34)cn2)CC1. The number of aromatic nitrogens is 5. The molecule has 1 N–H and O–H groups in total. The Bertz CT molecular complexity index is 1880. The fourth-order valence-electron chi connectivity index (χ4n) is 5.61. The minimum atomic E-state index is -3.94. The highest BCUT2D eigenvalue weighted by Crippen LogP contribution is 2.34. The number of benzene rings is 2. The van der Waals surface area contributed by atoms with E-state index in [0.29, 0.717) is 22.5 Å². The average Bonchev–Trinajstić information content (AvgIpc) is 3.66. The molecule has 230 valence electrons. The monoisotopic (exact) mass is 614 g/mol. The zero-order valence-corrected chi connectivity index (χ0v) is 26.3. The number of likely N-dealkylation sites (tertiary alicyclic amines) is 1. The summed E-state index contributed by atoms with van der Waals surface area (Å²) in [5.41, 5.74) is 3.50. The Morgan fingerprint density at radius 1 is 1.02 bits per heavy atom. The van der Waals surface area contributed by atoms with Crippen molar-refractivity contribution in [1.29, 1.82) is 0 Å². The molecule has 1 aliphatic heterocycles. The zero-order valence-electron chi connectivity index (χ0n) is 25.5. The Kier molecular flexibility index (Phi) is 8.04. The van der Waals surface area contributed by atoms with Crippen LogP contribution in [-0.2, 0) is 10.0 Å². The van der Waals surface area contributed by atoms with Crippen molar-refractivity contribution in [3.05, 3.63) is 78.9 Å². The normalized spacial score (nSPS) is 15.2. The first kappa shape index (κ1) is 30.0. The van der Waals surface area contributed by atoms with Gasteiger partial charge in [-0.3, -0.25) is 4.68 Å². The van der Waals surface area contributed by atoms with Gasteiger partial charge in [-0.05, 0) is 76.1 Å². The maximum atomic E-state index is 13.8. The van der Waals surface area contributed by atoms with Crippen molar-refractivity contribution in [2.75, 3.05) is 26.2 Å². The van der Waals surface area contributed by atoms with Crippen LogP contribution in [0.4, 0.5) is 0 Å². The van der Waals surface area contributed by atoms with Crippen LogP contribution in [0.1, 0.15) is 45.2 Å². The molecule has 2 aromatic carbocycles. The van der Waals surface area contributed by atoms with Gasteiger partial charge in [-0.2, -0.15) is 5.10 Å². The molecule has 0 amide bonds. The number of piperidine rings is 1. The quantitative estimate of drug-likeness (QED) is 0.238. The Hall–Kier alpha value is -4.06. The molecule has 0 saturated carbocycles. The largest absolute Gasteiger partial charge is 0.490 e. The van der Waals surface area contributed by atoms with Crippen LogP contribution in [0.2, 0.25) is 0 Å². The van der Waals surface area contributed by atoms with Crippen molar-refractivity contribution < 1.29 is 18.3 Å². The van der Waals surface area contributed by atoms with Crippen molar-refractivity contribution in [1.82, 2.24) is 28.6 Å². The van der Waals surface area contributed by atoms with Gasteiger partial charge >= 0.3 is 0 Å². The van der Waals surface area contributed by atoms with Crippen LogP contribution in [-0.4, -0.2) is 74.0 Å². The summed E-state index contributed by atoms with van der Waals surface area (Å²) in [6, 6.07) is 14.3. The first-order chi connectivity index (χ1) is 21.0. The standard InChI is InChI=1S/C33H38N6O4S/c1-5-37-15-13-26(14-16-37)38-20-25(18-35-38)28-21-39(44(41,42)27-9-7-6-8-10-27)32-31(28)36-29(19-34-32)24-11-12-30(23(2)17-24)43-22-33(3,4)40/h6-12,17-21,26,40H,5,13-16,22H2,1-4H3. The van der Waals surface area contributed by atoms with Crippen LogP contribution in [0.15, 0.2) is 78.2 Å². The molecule has 1 saturated heterocycles. The van der Waals surface area contributed by atoms with Gasteiger partial charge in [0.05, 0.1) is 34.6 Å². The van der Waals surface area contributed by atoms with Crippen molar-refractivity contribution in [2.24, 2.45) is 0 Å². The van der Waals surface area contributed by atoms with Crippen LogP contribution in [0, 0.1) is 6.92 Å². The van der Waals surface area contributed by atoms with E-state index in [-0.39, 0.29) is 23.2 Å². The van der Waals surface area contributed by atoms with Gasteiger partial charge in [0.25, 0.3) is 10.0 Å². The lowest BCUT2D eigenvalue weighted by molar-refractivity contribution is 0.0283. The summed E-state index contributed by atoms with van der Waals surface area (Å²) < 4.78 is 36.7. The summed E-state index contributed by atoms with van der Waals surface area (Å²) in [7, 11) is -3.94. The molecule has 6 rings (SSSR count). The number of aryl methyl sites for hydroxylation is 1. The molecule has 5 aromatic rings. The summed E-state index contributed by atoms with van der Waals surface area (Å²) in [6.45, 7) is 10.8. The second-order valence-corrected chi connectivity index (χ2v) is 13.9. The number of aliphatic hydroxyl groups is 1. The maximum absolute atomic E-state index is 13.8. The molecule has 44 heavy (non-hydrogen) atoms. The van der Waals surface area contributed by atoms with Crippen molar-refractivity contribution in [3.8, 4) is 28.1 Å². The molecule has 0 bridgehead atoms. The lowest BCUT2D eigenvalue weighted by atomic mass is 10.1. The minimum absolute atomic E-state index is 0.164. The molecule has 1 aliphatic rings. The Labute approximate surface area is 258 Å². The second-order valence-electron chi connectivity index (χ2n) is 12.0. The van der Waals surface area contributed by atoms with E-state index < -0.39 is 15.6 Å². The minimum Gasteiger partial charge on any atom is -0.490 e. The van der Waals surface area contributed by atoms with Gasteiger partial charge in [-0.1, -0.05) is 25.1 Å². The topological polar surface area (TPSA) is 115 Å².